The number of nitrogens with zero attached hydrogens (tertiary/aromatic N) is 5. The van der Waals surface area contributed by atoms with Crippen LogP contribution in [0.15, 0.2) is 49.6 Å². The number of para-hydroxylation sites is 1. The van der Waals surface area contributed by atoms with Crippen molar-refractivity contribution in [1.82, 2.24) is 24.8 Å². The highest BCUT2D eigenvalue weighted by Crippen LogP contribution is 2.59. The molecule has 220 valence electrons. The van der Waals surface area contributed by atoms with Crippen molar-refractivity contribution >= 4 is 28.8 Å². The number of allylic oxidation sites excluding steroid dienone is 1. The number of carbonyl (C=O) groups is 3. The Morgan fingerprint density at radius 2 is 2.10 bits per heavy atom. The van der Waals surface area contributed by atoms with Gasteiger partial charge in [-0.15, -0.1) is 18.3 Å². The van der Waals surface area contributed by atoms with Crippen LogP contribution < -0.4 is 0 Å². The van der Waals surface area contributed by atoms with E-state index in [1.165, 1.54) is 4.90 Å². The predicted molar refractivity (Wildman–Crippen MR) is 150 cm³/mol. The Kier molecular flexibility index (Phi) is 8.55. The van der Waals surface area contributed by atoms with Crippen LogP contribution in [0.4, 0.5) is 0 Å². The van der Waals surface area contributed by atoms with Crippen LogP contribution in [-0.4, -0.2) is 91.2 Å². The number of hydrogen-bond donors (Lipinski definition) is 1. The molecule has 5 rings (SSSR count). The second kappa shape index (κ2) is 12.1. The molecule has 2 amide bonds. The average molecular weight is 566 g/mol. The first-order valence-corrected chi connectivity index (χ1v) is 14.5. The number of aromatic nitrogens is 3. The Morgan fingerprint density at radius 3 is 2.83 bits per heavy atom. The Bertz CT molecular complexity index is 1310. The van der Waals surface area contributed by atoms with Crippen molar-refractivity contribution in [3.05, 3.63) is 49.6 Å². The van der Waals surface area contributed by atoms with Crippen molar-refractivity contribution in [2.45, 2.75) is 75.9 Å². The molecule has 2 unspecified atom stereocenters. The van der Waals surface area contributed by atoms with Gasteiger partial charge in [-0.1, -0.05) is 36.4 Å². The third kappa shape index (κ3) is 4.95. The van der Waals surface area contributed by atoms with Crippen molar-refractivity contribution in [2.24, 2.45) is 11.8 Å². The van der Waals surface area contributed by atoms with Gasteiger partial charge in [0.25, 0.3) is 0 Å². The van der Waals surface area contributed by atoms with Gasteiger partial charge in [0.2, 0.25) is 11.8 Å². The average Bonchev–Trinajstić information content (AvgIpc) is 3.73. The number of aliphatic hydroxyl groups excluding tert-OH is 1. The number of esters is 1. The van der Waals surface area contributed by atoms with E-state index < -0.39 is 41.6 Å². The highest BCUT2D eigenvalue weighted by atomic mass is 16.6. The van der Waals surface area contributed by atoms with E-state index in [0.29, 0.717) is 31.2 Å². The number of amides is 2. The van der Waals surface area contributed by atoms with E-state index >= 15 is 0 Å². The monoisotopic (exact) mass is 565 g/mol. The van der Waals surface area contributed by atoms with E-state index in [4.69, 9.17) is 9.47 Å². The molecular weight excluding hydrogens is 526 g/mol. The van der Waals surface area contributed by atoms with Crippen LogP contribution in [-0.2, 0) is 30.5 Å². The van der Waals surface area contributed by atoms with Crippen molar-refractivity contribution in [2.75, 3.05) is 19.8 Å². The van der Waals surface area contributed by atoms with Crippen molar-refractivity contribution < 1.29 is 29.0 Å². The lowest BCUT2D eigenvalue weighted by atomic mass is 9.70. The molecule has 11 nitrogen and oxygen atoms in total. The van der Waals surface area contributed by atoms with Gasteiger partial charge < -0.3 is 24.4 Å². The molecule has 3 aliphatic rings. The second-order valence-corrected chi connectivity index (χ2v) is 11.1. The maximum atomic E-state index is 14.5. The highest BCUT2D eigenvalue weighted by Gasteiger charge is 2.75. The first-order chi connectivity index (χ1) is 19.9. The Balaban J connectivity index is 1.46. The van der Waals surface area contributed by atoms with Gasteiger partial charge >= 0.3 is 5.97 Å². The van der Waals surface area contributed by atoms with Gasteiger partial charge in [0.1, 0.15) is 23.8 Å². The largest absolute Gasteiger partial charge is 0.465 e. The van der Waals surface area contributed by atoms with E-state index in [1.807, 2.05) is 37.3 Å². The summed E-state index contributed by atoms with van der Waals surface area (Å²) in [5, 5.41) is 18.7. The zero-order valence-corrected chi connectivity index (χ0v) is 23.6. The summed E-state index contributed by atoms with van der Waals surface area (Å²) in [7, 11) is 0. The molecule has 1 aromatic heterocycles. The Hall–Kier alpha value is -3.57. The van der Waals surface area contributed by atoms with Crippen LogP contribution in [0.2, 0.25) is 0 Å². The SMILES string of the molecule is C=CCCCCOC(=O)[C@@H]1[C@H]2C(=O)N([C@@H](CC)CO)C(C(=O)N(CC=C)Cn3nnc4ccccc43)C23CC[C@H]1O3. The number of fused-ring (bicyclic) bond motifs is 2. The summed E-state index contributed by atoms with van der Waals surface area (Å²) < 4.78 is 13.8. The fraction of sp³-hybridized carbons (Fsp3) is 0.567. The molecule has 11 heteroatoms. The highest BCUT2D eigenvalue weighted by molar-refractivity contribution is 5.98. The molecule has 3 aliphatic heterocycles. The van der Waals surface area contributed by atoms with E-state index in [9.17, 15) is 19.5 Å². The predicted octanol–water partition coefficient (Wildman–Crippen LogP) is 2.45. The number of rotatable bonds is 14. The zero-order valence-electron chi connectivity index (χ0n) is 23.6. The number of ether oxygens (including phenoxy) is 2. The summed E-state index contributed by atoms with van der Waals surface area (Å²) in [6.07, 6.45) is 6.77. The summed E-state index contributed by atoms with van der Waals surface area (Å²) in [6.45, 7) is 9.63. The molecule has 1 N–H and O–H groups in total. The minimum Gasteiger partial charge on any atom is -0.465 e. The minimum absolute atomic E-state index is 0.0835. The third-order valence-corrected chi connectivity index (χ3v) is 8.75. The quantitative estimate of drug-likeness (QED) is 0.210. The van der Waals surface area contributed by atoms with Crippen LogP contribution in [0.5, 0.6) is 0 Å². The van der Waals surface area contributed by atoms with E-state index in [1.54, 1.807) is 15.7 Å². The molecule has 1 aromatic carbocycles. The molecule has 1 spiro atoms. The molecule has 6 atom stereocenters. The molecule has 4 heterocycles. The first-order valence-electron chi connectivity index (χ1n) is 14.5. The zero-order chi connectivity index (χ0) is 29.1. The summed E-state index contributed by atoms with van der Waals surface area (Å²) >= 11 is 0. The normalized spacial score (nSPS) is 27.2. The van der Waals surface area contributed by atoms with Crippen molar-refractivity contribution in [3.8, 4) is 0 Å². The number of hydrogen-bond acceptors (Lipinski definition) is 8. The molecule has 0 saturated carbocycles. The van der Waals surface area contributed by atoms with Gasteiger partial charge in [-0.2, -0.15) is 0 Å². The molecule has 3 fully saturated rings. The molecule has 0 aliphatic carbocycles. The van der Waals surface area contributed by atoms with E-state index in [0.717, 1.165) is 18.4 Å². The standard InChI is InChI=1S/C30H39N5O6/c1-4-7-8-11-17-40-29(39)24-23-14-15-30(41-23)25(24)27(37)35(20(6-3)18-36)26(30)28(38)33(16-5-2)19-34-22-13-10-9-12-21(22)31-32-34/h4-5,9-10,12-13,20,23-26,36H,1-2,6-8,11,14-19H2,3H3/t20-,23+,24-,25-,26?,30?/m0/s1. The number of unbranched alkanes of at least 4 members (excludes halogenated alkanes) is 2. The van der Waals surface area contributed by atoms with Crippen molar-refractivity contribution in [1.29, 1.82) is 0 Å². The van der Waals surface area contributed by atoms with Gasteiger partial charge in [0, 0.05) is 6.54 Å². The van der Waals surface area contributed by atoms with Crippen molar-refractivity contribution in [3.63, 3.8) is 0 Å². The Labute approximate surface area is 239 Å². The van der Waals surface area contributed by atoms with Gasteiger partial charge in [0.15, 0.2) is 0 Å². The topological polar surface area (TPSA) is 127 Å². The third-order valence-electron chi connectivity index (χ3n) is 8.75. The summed E-state index contributed by atoms with van der Waals surface area (Å²) in [6, 6.07) is 5.84. The van der Waals surface area contributed by atoms with Crippen LogP contribution in [0, 0.1) is 11.8 Å². The second-order valence-electron chi connectivity index (χ2n) is 11.1. The van der Waals surface area contributed by atoms with Gasteiger partial charge in [-0.05, 0) is 50.7 Å². The lowest BCUT2D eigenvalue weighted by molar-refractivity contribution is -0.157. The number of aliphatic hydroxyl groups is 1. The maximum absolute atomic E-state index is 14.5. The summed E-state index contributed by atoms with van der Waals surface area (Å²) in [4.78, 5) is 45.0. The maximum Gasteiger partial charge on any atom is 0.312 e. The van der Waals surface area contributed by atoms with Crippen LogP contribution in [0.3, 0.4) is 0 Å². The van der Waals surface area contributed by atoms with Crippen LogP contribution in [0.1, 0.15) is 45.4 Å². The smallest absolute Gasteiger partial charge is 0.312 e. The molecule has 0 radical (unpaired) electrons. The number of likely N-dealkylation sites (tertiary alicyclic amines) is 1. The van der Waals surface area contributed by atoms with E-state index in [2.05, 4.69) is 23.5 Å². The van der Waals surface area contributed by atoms with Crippen LogP contribution in [0.25, 0.3) is 11.0 Å². The fourth-order valence-corrected chi connectivity index (χ4v) is 6.83. The number of carbonyl (C=O) groups excluding carboxylic acids is 3. The van der Waals surface area contributed by atoms with E-state index in [-0.39, 0.29) is 38.2 Å². The lowest BCUT2D eigenvalue weighted by Crippen LogP contribution is -2.58. The fourth-order valence-electron chi connectivity index (χ4n) is 6.83. The van der Waals surface area contributed by atoms with Crippen LogP contribution >= 0.6 is 0 Å². The molecule has 41 heavy (non-hydrogen) atoms. The lowest BCUT2D eigenvalue weighted by Gasteiger charge is -2.39. The first kappa shape index (κ1) is 28.9. The Morgan fingerprint density at radius 1 is 1.29 bits per heavy atom. The van der Waals surface area contributed by atoms with Gasteiger partial charge in [-0.25, -0.2) is 4.68 Å². The molecule has 3 saturated heterocycles. The van der Waals surface area contributed by atoms with Gasteiger partial charge in [-0.3, -0.25) is 14.4 Å². The summed E-state index contributed by atoms with van der Waals surface area (Å²) in [5.41, 5.74) is 0.280. The molecule has 2 bridgehead atoms. The molecular formula is C30H39N5O6. The summed E-state index contributed by atoms with van der Waals surface area (Å²) in [5.74, 6) is -2.79. The number of benzene rings is 1. The molecule has 2 aromatic rings. The van der Waals surface area contributed by atoms with Gasteiger partial charge in [0.05, 0.1) is 42.7 Å². The minimum atomic E-state index is -1.18.